The lowest BCUT2D eigenvalue weighted by atomic mass is 10.2. The Balaban J connectivity index is 2.06. The summed E-state index contributed by atoms with van der Waals surface area (Å²) in [6, 6.07) is 13.7. The van der Waals surface area contributed by atoms with E-state index in [1.54, 1.807) is 36.3 Å². The molecule has 2 amide bonds. The number of carbonyl (C=O) groups is 1. The number of anilines is 1. The topological polar surface area (TPSA) is 84.9 Å². The number of hydrogen-bond donors (Lipinski definition) is 1. The van der Waals surface area contributed by atoms with Crippen LogP contribution < -0.4 is 9.50 Å². The molecule has 0 unspecified atom stereocenters. The van der Waals surface area contributed by atoms with Gasteiger partial charge in [0.15, 0.2) is 0 Å². The molecule has 0 aliphatic carbocycles. The summed E-state index contributed by atoms with van der Waals surface area (Å²) >= 11 is 3.37. The number of methoxy groups -OCH3 is 1. The van der Waals surface area contributed by atoms with Gasteiger partial charge in [-0.15, -0.1) is 0 Å². The molecule has 7 nitrogen and oxygen atoms in total. The van der Waals surface area contributed by atoms with Crippen LogP contribution in [0.4, 0.5) is 10.5 Å². The Labute approximate surface area is 173 Å². The Morgan fingerprint density at radius 1 is 1.11 bits per heavy atom. The van der Waals surface area contributed by atoms with Gasteiger partial charge in [0.1, 0.15) is 5.75 Å². The van der Waals surface area contributed by atoms with E-state index in [1.807, 2.05) is 24.3 Å². The average Bonchev–Trinajstić information content (AvgIpc) is 2.63. The first-order valence-corrected chi connectivity index (χ1v) is 11.2. The van der Waals surface area contributed by atoms with E-state index in [-0.39, 0.29) is 11.8 Å². The number of carbonyl (C=O) groups excluding carboxylic acids is 1. The zero-order valence-corrected chi connectivity index (χ0v) is 18.1. The third kappa shape index (κ3) is 7.87. The van der Waals surface area contributed by atoms with Crippen molar-refractivity contribution in [3.8, 4) is 5.75 Å². The second-order valence-electron chi connectivity index (χ2n) is 6.14. The molecule has 0 aliphatic heterocycles. The summed E-state index contributed by atoms with van der Waals surface area (Å²) in [4.78, 5) is 14.4. The van der Waals surface area contributed by atoms with Crippen molar-refractivity contribution in [2.24, 2.45) is 0 Å². The molecule has 152 valence electrons. The smallest absolute Gasteiger partial charge is 0.322 e. The maximum Gasteiger partial charge on any atom is 0.322 e. The normalized spacial score (nSPS) is 11.1. The predicted octanol–water partition coefficient (Wildman–Crippen LogP) is 3.86. The van der Waals surface area contributed by atoms with Crippen LogP contribution in [0.1, 0.15) is 12.0 Å². The minimum absolute atomic E-state index is 0.227. The van der Waals surface area contributed by atoms with Crippen LogP contribution in [-0.4, -0.2) is 45.9 Å². The van der Waals surface area contributed by atoms with Gasteiger partial charge in [0.2, 0.25) is 0 Å². The number of nitrogens with zero attached hydrogens (tertiary/aromatic N) is 1. The Morgan fingerprint density at radius 3 is 2.32 bits per heavy atom. The molecule has 1 N–H and O–H groups in total. The van der Waals surface area contributed by atoms with Gasteiger partial charge in [0.05, 0.1) is 6.26 Å². The van der Waals surface area contributed by atoms with E-state index in [0.717, 1.165) is 16.3 Å². The fourth-order valence-electron chi connectivity index (χ4n) is 2.43. The van der Waals surface area contributed by atoms with Gasteiger partial charge in [-0.1, -0.05) is 28.1 Å². The van der Waals surface area contributed by atoms with Gasteiger partial charge >= 0.3 is 16.1 Å². The van der Waals surface area contributed by atoms with Crippen molar-refractivity contribution in [1.29, 1.82) is 0 Å². The summed E-state index contributed by atoms with van der Waals surface area (Å²) in [5, 5.41) is 2.88. The molecule has 2 aromatic carbocycles. The zero-order valence-electron chi connectivity index (χ0n) is 15.7. The number of urea groups is 1. The highest BCUT2D eigenvalue weighted by atomic mass is 79.9. The van der Waals surface area contributed by atoms with Crippen molar-refractivity contribution in [3.63, 3.8) is 0 Å². The first-order valence-electron chi connectivity index (χ1n) is 8.55. The highest BCUT2D eigenvalue weighted by Gasteiger charge is 2.14. The quantitative estimate of drug-likeness (QED) is 0.444. The van der Waals surface area contributed by atoms with E-state index >= 15 is 0 Å². The van der Waals surface area contributed by atoms with Gasteiger partial charge in [0.25, 0.3) is 0 Å². The molecule has 0 aliphatic rings. The van der Waals surface area contributed by atoms with Gasteiger partial charge < -0.3 is 19.1 Å². The summed E-state index contributed by atoms with van der Waals surface area (Å²) in [6.45, 7) is 1.42. The summed E-state index contributed by atoms with van der Waals surface area (Å²) in [5.41, 5.74) is 1.55. The zero-order chi connectivity index (χ0) is 20.6. The van der Waals surface area contributed by atoms with E-state index in [1.165, 1.54) is 0 Å². The van der Waals surface area contributed by atoms with Gasteiger partial charge in [-0.25, -0.2) is 4.79 Å². The molecule has 0 fully saturated rings. The monoisotopic (exact) mass is 470 g/mol. The van der Waals surface area contributed by atoms with Crippen LogP contribution in [0.15, 0.2) is 53.0 Å². The molecule has 0 atom stereocenters. The van der Waals surface area contributed by atoms with Gasteiger partial charge in [-0.05, 0) is 48.4 Å². The third-order valence-corrected chi connectivity index (χ3v) is 4.73. The van der Waals surface area contributed by atoms with Crippen molar-refractivity contribution in [3.05, 3.63) is 58.6 Å². The van der Waals surface area contributed by atoms with Crippen LogP contribution in [0.3, 0.4) is 0 Å². The molecule has 0 heterocycles. The lowest BCUT2D eigenvalue weighted by Gasteiger charge is -2.23. The van der Waals surface area contributed by atoms with E-state index in [4.69, 9.17) is 8.92 Å². The molecule has 0 saturated carbocycles. The van der Waals surface area contributed by atoms with E-state index < -0.39 is 10.1 Å². The second-order valence-corrected chi connectivity index (χ2v) is 8.63. The van der Waals surface area contributed by atoms with Crippen LogP contribution in [0, 0.1) is 0 Å². The Bertz CT molecular complexity index is 870. The Morgan fingerprint density at radius 2 is 1.75 bits per heavy atom. The largest absolute Gasteiger partial charge is 0.385 e. The first-order chi connectivity index (χ1) is 13.3. The molecule has 0 bridgehead atoms. The maximum absolute atomic E-state index is 12.7. The number of rotatable bonds is 9. The van der Waals surface area contributed by atoms with Crippen molar-refractivity contribution in [1.82, 2.24) is 4.90 Å². The molecule has 28 heavy (non-hydrogen) atoms. The van der Waals surface area contributed by atoms with Crippen LogP contribution >= 0.6 is 15.9 Å². The minimum atomic E-state index is -3.57. The average molecular weight is 471 g/mol. The standard InChI is InChI=1S/C19H23BrN2O5S/c1-26-13-3-12-22(19(23)21-17-8-6-16(20)7-9-17)14-15-4-10-18(11-5-15)27-28(2,24)25/h4-11H,3,12-14H2,1-2H3,(H,21,23). The van der Waals surface area contributed by atoms with Gasteiger partial charge in [0, 0.05) is 37.0 Å². The minimum Gasteiger partial charge on any atom is -0.385 e. The number of amides is 2. The number of benzene rings is 2. The molecule has 0 radical (unpaired) electrons. The number of nitrogens with one attached hydrogen (secondary N) is 1. The molecule has 0 aromatic heterocycles. The maximum atomic E-state index is 12.7. The van der Waals surface area contributed by atoms with E-state index in [2.05, 4.69) is 21.2 Å². The van der Waals surface area contributed by atoms with Crippen molar-refractivity contribution in [2.75, 3.05) is 31.8 Å². The molecule has 2 rings (SSSR count). The van der Waals surface area contributed by atoms with Crippen molar-refractivity contribution < 1.29 is 22.1 Å². The predicted molar refractivity (Wildman–Crippen MR) is 112 cm³/mol. The summed E-state index contributed by atoms with van der Waals surface area (Å²) < 4.78 is 33.2. The molecular formula is C19H23BrN2O5S. The van der Waals surface area contributed by atoms with Crippen LogP contribution in [0.25, 0.3) is 0 Å². The number of hydrogen-bond acceptors (Lipinski definition) is 5. The Kier molecular flexibility index (Phi) is 8.28. The lowest BCUT2D eigenvalue weighted by molar-refractivity contribution is 0.171. The van der Waals surface area contributed by atoms with Crippen LogP contribution in [-0.2, 0) is 21.4 Å². The highest BCUT2D eigenvalue weighted by Crippen LogP contribution is 2.17. The Hall–Kier alpha value is -2.10. The fraction of sp³-hybridized carbons (Fsp3) is 0.316. The van der Waals surface area contributed by atoms with Gasteiger partial charge in [-0.2, -0.15) is 8.42 Å². The van der Waals surface area contributed by atoms with Crippen molar-refractivity contribution >= 4 is 37.8 Å². The van der Waals surface area contributed by atoms with Crippen LogP contribution in [0.5, 0.6) is 5.75 Å². The lowest BCUT2D eigenvalue weighted by Crippen LogP contribution is -2.35. The molecule has 2 aromatic rings. The summed E-state index contributed by atoms with van der Waals surface area (Å²) in [5.74, 6) is 0.233. The molecule has 9 heteroatoms. The van der Waals surface area contributed by atoms with Gasteiger partial charge in [-0.3, -0.25) is 0 Å². The van der Waals surface area contributed by atoms with Crippen molar-refractivity contribution in [2.45, 2.75) is 13.0 Å². The third-order valence-electron chi connectivity index (χ3n) is 3.70. The highest BCUT2D eigenvalue weighted by molar-refractivity contribution is 9.10. The summed E-state index contributed by atoms with van der Waals surface area (Å²) in [6.07, 6.45) is 1.68. The number of ether oxygens (including phenoxy) is 1. The fourth-order valence-corrected chi connectivity index (χ4v) is 3.16. The SMILES string of the molecule is COCCCN(Cc1ccc(OS(C)(=O)=O)cc1)C(=O)Nc1ccc(Br)cc1. The van der Waals surface area contributed by atoms with E-state index in [0.29, 0.717) is 31.8 Å². The molecular weight excluding hydrogens is 448 g/mol. The summed E-state index contributed by atoms with van der Waals surface area (Å²) in [7, 11) is -1.95. The van der Waals surface area contributed by atoms with E-state index in [9.17, 15) is 13.2 Å². The molecule has 0 saturated heterocycles. The molecule has 0 spiro atoms. The number of halogens is 1. The first kappa shape index (κ1) is 22.2. The van der Waals surface area contributed by atoms with Crippen LogP contribution in [0.2, 0.25) is 0 Å². The second kappa shape index (κ2) is 10.4.